The number of halogens is 3. The van der Waals surface area contributed by atoms with E-state index in [0.717, 1.165) is 31.6 Å². The molecule has 0 spiro atoms. The Bertz CT molecular complexity index is 448. The zero-order valence-corrected chi connectivity index (χ0v) is 10.5. The van der Waals surface area contributed by atoms with Crippen LogP contribution in [0.4, 0.5) is 24.8 Å². The van der Waals surface area contributed by atoms with E-state index in [2.05, 4.69) is 20.6 Å². The van der Waals surface area contributed by atoms with Gasteiger partial charge in [0.25, 0.3) is 0 Å². The number of nitrogens with zero attached hydrogens (tertiary/aromatic N) is 2. The Morgan fingerprint density at radius 3 is 2.58 bits per heavy atom. The highest BCUT2D eigenvalue weighted by molar-refractivity contribution is 5.49. The third kappa shape index (κ3) is 3.48. The van der Waals surface area contributed by atoms with Crippen LogP contribution in [0.25, 0.3) is 0 Å². The first kappa shape index (κ1) is 13.9. The van der Waals surface area contributed by atoms with E-state index in [1.54, 1.807) is 0 Å². The first-order valence-corrected chi connectivity index (χ1v) is 5.89. The van der Waals surface area contributed by atoms with Crippen molar-refractivity contribution in [2.75, 3.05) is 30.9 Å². The molecule has 0 radical (unpaired) electrons. The number of aromatic nitrogens is 1. The van der Waals surface area contributed by atoms with Gasteiger partial charge < -0.3 is 15.6 Å². The lowest BCUT2D eigenvalue weighted by Crippen LogP contribution is -2.24. The van der Waals surface area contributed by atoms with Crippen molar-refractivity contribution in [3.8, 4) is 0 Å². The maximum atomic E-state index is 12.7. The molecule has 2 rings (SSSR count). The summed E-state index contributed by atoms with van der Waals surface area (Å²) in [6.45, 7) is 1.70. The number of likely N-dealkylation sites (N-methyl/N-ethyl adjacent to an activating group) is 1. The number of rotatable bonds is 3. The first-order chi connectivity index (χ1) is 8.88. The molecule has 1 atom stereocenters. The predicted molar refractivity (Wildman–Crippen MR) is 66.6 cm³/mol. The van der Waals surface area contributed by atoms with Crippen molar-refractivity contribution >= 4 is 11.6 Å². The highest BCUT2D eigenvalue weighted by Crippen LogP contribution is 2.32. The van der Waals surface area contributed by atoms with Gasteiger partial charge in [-0.25, -0.2) is 10.8 Å². The van der Waals surface area contributed by atoms with Gasteiger partial charge in [0.05, 0.1) is 5.56 Å². The normalized spacial score (nSPS) is 20.6. The van der Waals surface area contributed by atoms with E-state index in [0.29, 0.717) is 0 Å². The van der Waals surface area contributed by atoms with Gasteiger partial charge in [0, 0.05) is 12.6 Å². The van der Waals surface area contributed by atoms with Crippen molar-refractivity contribution in [3.63, 3.8) is 0 Å². The molecule has 5 nitrogen and oxygen atoms in total. The SMILES string of the molecule is CN1CCC(Nc2cc(C(F)(F)F)cc(NN)n2)C1. The number of nitrogens with one attached hydrogen (secondary N) is 2. The molecule has 4 N–H and O–H groups in total. The quantitative estimate of drug-likeness (QED) is 0.576. The van der Waals surface area contributed by atoms with Crippen molar-refractivity contribution in [2.24, 2.45) is 5.84 Å². The molecule has 19 heavy (non-hydrogen) atoms. The molecule has 0 amide bonds. The Morgan fingerprint density at radius 1 is 1.37 bits per heavy atom. The van der Waals surface area contributed by atoms with Gasteiger partial charge >= 0.3 is 6.18 Å². The summed E-state index contributed by atoms with van der Waals surface area (Å²) >= 11 is 0. The molecule has 0 aromatic carbocycles. The molecule has 0 bridgehead atoms. The fourth-order valence-corrected chi connectivity index (χ4v) is 2.10. The van der Waals surface area contributed by atoms with Crippen LogP contribution in [0.5, 0.6) is 0 Å². The van der Waals surface area contributed by atoms with E-state index in [1.165, 1.54) is 0 Å². The van der Waals surface area contributed by atoms with Crippen molar-refractivity contribution in [1.29, 1.82) is 0 Å². The molecule has 1 unspecified atom stereocenters. The second kappa shape index (κ2) is 5.22. The minimum absolute atomic E-state index is 0.0105. The van der Waals surface area contributed by atoms with Gasteiger partial charge in [0.15, 0.2) is 0 Å². The minimum Gasteiger partial charge on any atom is -0.366 e. The first-order valence-electron chi connectivity index (χ1n) is 5.89. The number of nitrogens with two attached hydrogens (primary N) is 1. The maximum absolute atomic E-state index is 12.7. The molecule has 1 saturated heterocycles. The van der Waals surface area contributed by atoms with Gasteiger partial charge in [0.2, 0.25) is 0 Å². The lowest BCUT2D eigenvalue weighted by atomic mass is 10.2. The van der Waals surface area contributed by atoms with Crippen LogP contribution in [-0.4, -0.2) is 36.1 Å². The number of hydrogen-bond acceptors (Lipinski definition) is 5. The number of alkyl halides is 3. The monoisotopic (exact) mass is 275 g/mol. The van der Waals surface area contributed by atoms with Crippen LogP contribution in [0.2, 0.25) is 0 Å². The van der Waals surface area contributed by atoms with Crippen LogP contribution < -0.4 is 16.6 Å². The van der Waals surface area contributed by atoms with Crippen LogP contribution in [-0.2, 0) is 6.18 Å². The lowest BCUT2D eigenvalue weighted by molar-refractivity contribution is -0.137. The molecule has 0 saturated carbocycles. The topological polar surface area (TPSA) is 66.2 Å². The summed E-state index contributed by atoms with van der Waals surface area (Å²) in [7, 11) is 1.97. The Balaban J connectivity index is 2.20. The van der Waals surface area contributed by atoms with E-state index in [9.17, 15) is 13.2 Å². The van der Waals surface area contributed by atoms with Gasteiger partial charge in [0.1, 0.15) is 11.6 Å². The summed E-state index contributed by atoms with van der Waals surface area (Å²) in [5.74, 6) is 5.32. The lowest BCUT2D eigenvalue weighted by Gasteiger charge is -2.16. The average Bonchev–Trinajstić information content (AvgIpc) is 2.73. The Morgan fingerprint density at radius 2 is 2.05 bits per heavy atom. The number of nitrogen functional groups attached to an aromatic ring is 1. The summed E-state index contributed by atoms with van der Waals surface area (Å²) in [4.78, 5) is 6.09. The minimum atomic E-state index is -4.42. The highest BCUT2D eigenvalue weighted by Gasteiger charge is 2.32. The van der Waals surface area contributed by atoms with E-state index in [-0.39, 0.29) is 17.7 Å². The number of pyridine rings is 1. The number of hydrogen-bond donors (Lipinski definition) is 3. The summed E-state index contributed by atoms with van der Waals surface area (Å²) in [5, 5.41) is 3.01. The Labute approximate surface area is 109 Å². The highest BCUT2D eigenvalue weighted by atomic mass is 19.4. The van der Waals surface area contributed by atoms with E-state index in [4.69, 9.17) is 5.84 Å². The predicted octanol–water partition coefficient (Wildman–Crippen LogP) is 1.50. The van der Waals surface area contributed by atoms with Gasteiger partial charge in [-0.3, -0.25) is 0 Å². The zero-order valence-electron chi connectivity index (χ0n) is 10.5. The van der Waals surface area contributed by atoms with E-state index >= 15 is 0 Å². The van der Waals surface area contributed by atoms with Crippen LogP contribution in [0.15, 0.2) is 12.1 Å². The van der Waals surface area contributed by atoms with Crippen LogP contribution >= 0.6 is 0 Å². The van der Waals surface area contributed by atoms with Crippen molar-refractivity contribution < 1.29 is 13.2 Å². The van der Waals surface area contributed by atoms with Crippen molar-refractivity contribution in [1.82, 2.24) is 9.88 Å². The van der Waals surface area contributed by atoms with Crippen molar-refractivity contribution in [3.05, 3.63) is 17.7 Å². The number of anilines is 2. The Kier molecular flexibility index (Phi) is 3.81. The van der Waals surface area contributed by atoms with Crippen LogP contribution in [0, 0.1) is 0 Å². The number of likely N-dealkylation sites (tertiary alicyclic amines) is 1. The third-order valence-corrected chi connectivity index (χ3v) is 3.04. The summed E-state index contributed by atoms with van der Waals surface area (Å²) in [5.41, 5.74) is 1.38. The molecule has 8 heteroatoms. The molecule has 1 aromatic rings. The van der Waals surface area contributed by atoms with Gasteiger partial charge in [-0.15, -0.1) is 0 Å². The summed E-state index contributed by atoms with van der Waals surface area (Å²) in [6, 6.07) is 1.98. The second-order valence-corrected chi connectivity index (χ2v) is 4.66. The maximum Gasteiger partial charge on any atom is 0.416 e. The average molecular weight is 275 g/mol. The fourth-order valence-electron chi connectivity index (χ4n) is 2.10. The third-order valence-electron chi connectivity index (χ3n) is 3.04. The van der Waals surface area contributed by atoms with Gasteiger partial charge in [-0.2, -0.15) is 13.2 Å². The molecule has 0 aliphatic carbocycles. The Hall–Kier alpha value is -1.54. The smallest absolute Gasteiger partial charge is 0.366 e. The molecular weight excluding hydrogens is 259 g/mol. The van der Waals surface area contributed by atoms with E-state index in [1.807, 2.05) is 7.05 Å². The van der Waals surface area contributed by atoms with Crippen molar-refractivity contribution in [2.45, 2.75) is 18.6 Å². The van der Waals surface area contributed by atoms with E-state index < -0.39 is 11.7 Å². The zero-order chi connectivity index (χ0) is 14.0. The molecule has 106 valence electrons. The second-order valence-electron chi connectivity index (χ2n) is 4.66. The van der Waals surface area contributed by atoms with Gasteiger partial charge in [-0.05, 0) is 32.1 Å². The standard InChI is InChI=1S/C11H16F3N5/c1-19-3-2-8(6-19)16-9-4-7(11(12,13)14)5-10(17-9)18-15/h4-5,8H,2-3,6,15H2,1H3,(H2,16,17,18). The molecule has 1 aliphatic rings. The van der Waals surface area contributed by atoms with Crippen LogP contribution in [0.3, 0.4) is 0 Å². The fraction of sp³-hybridized carbons (Fsp3) is 0.545. The molecule has 2 heterocycles. The molecule has 1 aromatic heterocycles. The summed E-state index contributed by atoms with van der Waals surface area (Å²) < 4.78 is 38.2. The van der Waals surface area contributed by atoms with Crippen LogP contribution in [0.1, 0.15) is 12.0 Å². The number of hydrazine groups is 1. The molecule has 1 aliphatic heterocycles. The summed E-state index contributed by atoms with van der Waals surface area (Å²) in [6.07, 6.45) is -3.54. The molecule has 1 fully saturated rings. The largest absolute Gasteiger partial charge is 0.416 e. The molecular formula is C11H16F3N5. The van der Waals surface area contributed by atoms with Gasteiger partial charge in [-0.1, -0.05) is 0 Å².